The van der Waals surface area contributed by atoms with Crippen LogP contribution < -0.4 is 5.73 Å². The summed E-state index contributed by atoms with van der Waals surface area (Å²) in [7, 11) is 0. The highest BCUT2D eigenvalue weighted by Gasteiger charge is 2.11. The van der Waals surface area contributed by atoms with Crippen molar-refractivity contribution < 1.29 is 0 Å². The highest BCUT2D eigenvalue weighted by molar-refractivity contribution is 5.38. The third kappa shape index (κ3) is 2.74. The Labute approximate surface area is 92.7 Å². The van der Waals surface area contributed by atoms with E-state index < -0.39 is 0 Å². The molecule has 3 nitrogen and oxygen atoms in total. The molecule has 1 aromatic rings. The first-order valence-electron chi connectivity index (χ1n) is 6.08. The van der Waals surface area contributed by atoms with E-state index in [-0.39, 0.29) is 0 Å². The Morgan fingerprint density at radius 2 is 1.87 bits per heavy atom. The summed E-state index contributed by atoms with van der Waals surface area (Å²) in [5.41, 5.74) is 7.19. The van der Waals surface area contributed by atoms with Gasteiger partial charge in [0, 0.05) is 13.0 Å². The van der Waals surface area contributed by atoms with Crippen molar-refractivity contribution in [3.8, 4) is 0 Å². The number of nitrogen functional groups attached to an aromatic ring is 1. The Bertz CT molecular complexity index is 302. The van der Waals surface area contributed by atoms with Crippen molar-refractivity contribution in [1.29, 1.82) is 0 Å². The summed E-state index contributed by atoms with van der Waals surface area (Å²) in [5.74, 6) is 2.04. The fourth-order valence-corrected chi connectivity index (χ4v) is 1.86. The van der Waals surface area contributed by atoms with Gasteiger partial charge in [-0.15, -0.1) is 0 Å². The molecule has 86 valence electrons. The Morgan fingerprint density at radius 1 is 1.13 bits per heavy atom. The van der Waals surface area contributed by atoms with Gasteiger partial charge in [-0.1, -0.05) is 20.3 Å². The highest BCUT2D eigenvalue weighted by Crippen LogP contribution is 2.17. The molecule has 0 fully saturated rings. The second-order valence-corrected chi connectivity index (χ2v) is 3.96. The summed E-state index contributed by atoms with van der Waals surface area (Å²) < 4.78 is 2.15. The van der Waals surface area contributed by atoms with Gasteiger partial charge >= 0.3 is 0 Å². The molecule has 2 N–H and O–H groups in total. The van der Waals surface area contributed by atoms with Crippen molar-refractivity contribution in [2.45, 2.75) is 59.4 Å². The van der Waals surface area contributed by atoms with Crippen LogP contribution in [0.4, 0.5) is 5.82 Å². The largest absolute Gasteiger partial charge is 0.384 e. The lowest BCUT2D eigenvalue weighted by Crippen LogP contribution is -2.05. The van der Waals surface area contributed by atoms with E-state index in [1.54, 1.807) is 0 Å². The monoisotopic (exact) mass is 209 g/mol. The fourth-order valence-electron chi connectivity index (χ4n) is 1.86. The summed E-state index contributed by atoms with van der Waals surface area (Å²) in [6.45, 7) is 7.43. The number of imidazole rings is 1. The smallest absolute Gasteiger partial charge is 0.126 e. The Hall–Kier alpha value is -0.990. The molecule has 0 spiro atoms. The molecule has 0 aliphatic heterocycles. The number of unbranched alkanes of at least 4 members (excludes halogenated alkanes) is 1. The molecule has 0 saturated heterocycles. The third-order valence-corrected chi connectivity index (χ3v) is 2.72. The van der Waals surface area contributed by atoms with Crippen LogP contribution in [-0.4, -0.2) is 9.55 Å². The molecule has 0 atom stereocenters. The number of hydrogen-bond donors (Lipinski definition) is 1. The minimum absolute atomic E-state index is 0.884. The van der Waals surface area contributed by atoms with Gasteiger partial charge in [0.25, 0.3) is 0 Å². The molecule has 1 rings (SSSR count). The molecule has 1 heterocycles. The number of aryl methyl sites for hydroxylation is 2. The second kappa shape index (κ2) is 5.79. The van der Waals surface area contributed by atoms with Crippen LogP contribution in [0, 0.1) is 0 Å². The van der Waals surface area contributed by atoms with Gasteiger partial charge in [0.15, 0.2) is 0 Å². The van der Waals surface area contributed by atoms with Crippen LogP contribution in [0.15, 0.2) is 0 Å². The summed E-state index contributed by atoms with van der Waals surface area (Å²) in [5, 5.41) is 0. The average Bonchev–Trinajstić information content (AvgIpc) is 2.52. The van der Waals surface area contributed by atoms with E-state index in [0.717, 1.165) is 43.1 Å². The van der Waals surface area contributed by atoms with Crippen LogP contribution in [0.2, 0.25) is 0 Å². The predicted molar refractivity (Wildman–Crippen MR) is 64.9 cm³/mol. The highest BCUT2D eigenvalue weighted by atomic mass is 15.1. The fraction of sp³-hybridized carbons (Fsp3) is 0.750. The third-order valence-electron chi connectivity index (χ3n) is 2.72. The summed E-state index contributed by atoms with van der Waals surface area (Å²) in [6, 6.07) is 0. The van der Waals surface area contributed by atoms with Crippen LogP contribution in [0.5, 0.6) is 0 Å². The molecule has 0 aliphatic carbocycles. The zero-order valence-electron chi connectivity index (χ0n) is 10.2. The van der Waals surface area contributed by atoms with Gasteiger partial charge in [-0.3, -0.25) is 0 Å². The SMILES string of the molecule is CCCCc1nc(CCC)n(CC)c1N. The van der Waals surface area contributed by atoms with E-state index in [1.165, 1.54) is 12.8 Å². The predicted octanol–water partition coefficient (Wildman–Crippen LogP) is 2.78. The Kier molecular flexibility index (Phi) is 4.66. The maximum absolute atomic E-state index is 6.09. The molecule has 1 aromatic heterocycles. The molecule has 15 heavy (non-hydrogen) atoms. The normalized spacial score (nSPS) is 10.9. The van der Waals surface area contributed by atoms with Crippen molar-refractivity contribution in [3.05, 3.63) is 11.5 Å². The molecule has 3 heteroatoms. The minimum Gasteiger partial charge on any atom is -0.384 e. The van der Waals surface area contributed by atoms with Crippen LogP contribution in [-0.2, 0) is 19.4 Å². The van der Waals surface area contributed by atoms with Crippen LogP contribution in [0.25, 0.3) is 0 Å². The molecule has 0 amide bonds. The number of aromatic nitrogens is 2. The summed E-state index contributed by atoms with van der Waals surface area (Å²) >= 11 is 0. The molecule has 0 bridgehead atoms. The first-order valence-corrected chi connectivity index (χ1v) is 6.08. The van der Waals surface area contributed by atoms with E-state index in [1.807, 2.05) is 0 Å². The van der Waals surface area contributed by atoms with E-state index >= 15 is 0 Å². The second-order valence-electron chi connectivity index (χ2n) is 3.96. The van der Waals surface area contributed by atoms with Crippen molar-refractivity contribution in [3.63, 3.8) is 0 Å². The zero-order chi connectivity index (χ0) is 11.3. The molecule has 0 aliphatic rings. The minimum atomic E-state index is 0.884. The van der Waals surface area contributed by atoms with Crippen molar-refractivity contribution in [2.24, 2.45) is 0 Å². The van der Waals surface area contributed by atoms with Gasteiger partial charge in [-0.05, 0) is 26.2 Å². The van der Waals surface area contributed by atoms with E-state index in [0.29, 0.717) is 0 Å². The van der Waals surface area contributed by atoms with E-state index in [2.05, 4.69) is 30.3 Å². The van der Waals surface area contributed by atoms with E-state index in [4.69, 9.17) is 5.73 Å². The quantitative estimate of drug-likeness (QED) is 0.783. The van der Waals surface area contributed by atoms with Gasteiger partial charge in [0.05, 0.1) is 5.69 Å². The van der Waals surface area contributed by atoms with Gasteiger partial charge < -0.3 is 10.3 Å². The molecule has 0 aromatic carbocycles. The van der Waals surface area contributed by atoms with Crippen molar-refractivity contribution in [1.82, 2.24) is 9.55 Å². The Balaban J connectivity index is 2.87. The maximum atomic E-state index is 6.09. The van der Waals surface area contributed by atoms with Crippen LogP contribution in [0.3, 0.4) is 0 Å². The number of nitrogens with zero attached hydrogens (tertiary/aromatic N) is 2. The summed E-state index contributed by atoms with van der Waals surface area (Å²) in [6.07, 6.45) is 5.55. The first kappa shape index (κ1) is 12.1. The lowest BCUT2D eigenvalue weighted by molar-refractivity contribution is 0.690. The van der Waals surface area contributed by atoms with Gasteiger partial charge in [0.1, 0.15) is 11.6 Å². The molecule has 0 radical (unpaired) electrons. The Morgan fingerprint density at radius 3 is 2.40 bits per heavy atom. The number of nitrogens with two attached hydrogens (primary N) is 1. The molecular formula is C12H23N3. The molecule has 0 unspecified atom stereocenters. The number of hydrogen-bond acceptors (Lipinski definition) is 2. The van der Waals surface area contributed by atoms with E-state index in [9.17, 15) is 0 Å². The number of rotatable bonds is 6. The lowest BCUT2D eigenvalue weighted by Gasteiger charge is -2.05. The zero-order valence-corrected chi connectivity index (χ0v) is 10.2. The van der Waals surface area contributed by atoms with Crippen molar-refractivity contribution >= 4 is 5.82 Å². The topological polar surface area (TPSA) is 43.8 Å². The number of anilines is 1. The van der Waals surface area contributed by atoms with Gasteiger partial charge in [0.2, 0.25) is 0 Å². The first-order chi connectivity index (χ1) is 7.24. The average molecular weight is 209 g/mol. The molecular weight excluding hydrogens is 186 g/mol. The standard InChI is InChI=1S/C12H23N3/c1-4-7-9-10-12(13)15(6-3)11(14-10)8-5-2/h4-9,13H2,1-3H3. The van der Waals surface area contributed by atoms with Crippen LogP contribution >= 0.6 is 0 Å². The van der Waals surface area contributed by atoms with Crippen molar-refractivity contribution in [2.75, 3.05) is 5.73 Å². The van der Waals surface area contributed by atoms with Gasteiger partial charge in [-0.25, -0.2) is 4.98 Å². The van der Waals surface area contributed by atoms with Crippen LogP contribution in [0.1, 0.15) is 51.6 Å². The van der Waals surface area contributed by atoms with Gasteiger partial charge in [-0.2, -0.15) is 0 Å². The maximum Gasteiger partial charge on any atom is 0.126 e. The summed E-state index contributed by atoms with van der Waals surface area (Å²) in [4.78, 5) is 4.65. The molecule has 0 saturated carbocycles. The lowest BCUT2D eigenvalue weighted by atomic mass is 10.2.